The molecule has 1 fully saturated rings. The molecule has 1 aliphatic heterocycles. The van der Waals surface area contributed by atoms with Crippen LogP contribution in [0.1, 0.15) is 39.5 Å². The van der Waals surface area contributed by atoms with Crippen LogP contribution in [0.2, 0.25) is 0 Å². The largest absolute Gasteiger partial charge is 0.351 e. The van der Waals surface area contributed by atoms with Gasteiger partial charge in [-0.2, -0.15) is 0 Å². The molecule has 0 saturated carbocycles. The molecule has 0 aromatic carbocycles. The first-order chi connectivity index (χ1) is 8.50. The van der Waals surface area contributed by atoms with Crippen molar-refractivity contribution in [2.75, 3.05) is 26.7 Å². The first kappa shape index (κ1) is 15.2. The molecule has 1 saturated heterocycles. The zero-order chi connectivity index (χ0) is 13.6. The SMILES string of the molecule is CCCC1(C)CCCN(C(=NC)NCC(F)F)C1. The van der Waals surface area contributed by atoms with Crippen LogP contribution in [0.4, 0.5) is 8.78 Å². The lowest BCUT2D eigenvalue weighted by Crippen LogP contribution is -2.50. The van der Waals surface area contributed by atoms with Crippen LogP contribution in [0.25, 0.3) is 0 Å². The number of likely N-dealkylation sites (tertiary alicyclic amines) is 1. The summed E-state index contributed by atoms with van der Waals surface area (Å²) in [5.41, 5.74) is 0.287. The molecule has 1 heterocycles. The van der Waals surface area contributed by atoms with Crippen molar-refractivity contribution >= 4 is 5.96 Å². The summed E-state index contributed by atoms with van der Waals surface area (Å²) < 4.78 is 24.5. The van der Waals surface area contributed by atoms with Gasteiger partial charge in [0.15, 0.2) is 5.96 Å². The van der Waals surface area contributed by atoms with Gasteiger partial charge < -0.3 is 10.2 Å². The molecule has 0 amide bonds. The van der Waals surface area contributed by atoms with Crippen LogP contribution >= 0.6 is 0 Å². The van der Waals surface area contributed by atoms with E-state index in [4.69, 9.17) is 0 Å². The number of rotatable bonds is 4. The molecule has 1 atom stereocenters. The number of piperidine rings is 1. The van der Waals surface area contributed by atoms with Gasteiger partial charge >= 0.3 is 0 Å². The summed E-state index contributed by atoms with van der Waals surface area (Å²) >= 11 is 0. The Bertz CT molecular complexity index is 277. The number of hydrogen-bond donors (Lipinski definition) is 1. The van der Waals surface area contributed by atoms with Gasteiger partial charge in [0.05, 0.1) is 6.54 Å². The standard InChI is InChI=1S/C13H25F2N3/c1-4-6-13(2)7-5-8-18(10-13)12(16-3)17-9-11(14)15/h11H,4-10H2,1-3H3,(H,16,17). The number of hydrogen-bond acceptors (Lipinski definition) is 1. The van der Waals surface area contributed by atoms with Crippen molar-refractivity contribution in [3.63, 3.8) is 0 Å². The maximum atomic E-state index is 12.2. The smallest absolute Gasteiger partial charge is 0.255 e. The fourth-order valence-corrected chi connectivity index (χ4v) is 2.80. The van der Waals surface area contributed by atoms with Gasteiger partial charge in [0.2, 0.25) is 0 Å². The maximum Gasteiger partial charge on any atom is 0.255 e. The van der Waals surface area contributed by atoms with Gasteiger partial charge in [-0.05, 0) is 24.7 Å². The molecular weight excluding hydrogens is 236 g/mol. The summed E-state index contributed by atoms with van der Waals surface area (Å²) in [6, 6.07) is 0. The summed E-state index contributed by atoms with van der Waals surface area (Å²) in [7, 11) is 1.65. The van der Waals surface area contributed by atoms with Crippen LogP contribution in [0.3, 0.4) is 0 Å². The van der Waals surface area contributed by atoms with E-state index in [1.165, 1.54) is 12.8 Å². The molecule has 1 N–H and O–H groups in total. The van der Waals surface area contributed by atoms with Gasteiger partial charge in [-0.25, -0.2) is 8.78 Å². The van der Waals surface area contributed by atoms with Gasteiger partial charge in [-0.1, -0.05) is 20.3 Å². The van der Waals surface area contributed by atoms with E-state index in [9.17, 15) is 8.78 Å². The summed E-state index contributed by atoms with van der Waals surface area (Å²) in [6.45, 7) is 5.96. The quantitative estimate of drug-likeness (QED) is 0.622. The van der Waals surface area contributed by atoms with Crippen molar-refractivity contribution in [2.45, 2.75) is 46.0 Å². The zero-order valence-corrected chi connectivity index (χ0v) is 11.7. The van der Waals surface area contributed by atoms with E-state index in [0.717, 1.165) is 25.9 Å². The highest BCUT2D eigenvalue weighted by molar-refractivity contribution is 5.80. The Balaban J connectivity index is 2.58. The van der Waals surface area contributed by atoms with E-state index in [-0.39, 0.29) is 12.0 Å². The minimum Gasteiger partial charge on any atom is -0.351 e. The van der Waals surface area contributed by atoms with Crippen LogP contribution in [-0.4, -0.2) is 44.0 Å². The van der Waals surface area contributed by atoms with E-state index in [0.29, 0.717) is 5.96 Å². The zero-order valence-electron chi connectivity index (χ0n) is 11.7. The molecule has 1 aliphatic rings. The first-order valence-electron chi connectivity index (χ1n) is 6.74. The van der Waals surface area contributed by atoms with Crippen LogP contribution in [0, 0.1) is 5.41 Å². The van der Waals surface area contributed by atoms with E-state index in [1.54, 1.807) is 7.05 Å². The van der Waals surface area contributed by atoms with Crippen molar-refractivity contribution in [3.05, 3.63) is 0 Å². The second-order valence-corrected chi connectivity index (χ2v) is 5.40. The Morgan fingerprint density at radius 3 is 2.78 bits per heavy atom. The molecule has 18 heavy (non-hydrogen) atoms. The second-order valence-electron chi connectivity index (χ2n) is 5.40. The average molecular weight is 261 g/mol. The van der Waals surface area contributed by atoms with Gasteiger partial charge in [-0.3, -0.25) is 4.99 Å². The van der Waals surface area contributed by atoms with Crippen molar-refractivity contribution in [1.82, 2.24) is 10.2 Å². The monoisotopic (exact) mass is 261 g/mol. The molecule has 1 unspecified atom stereocenters. The summed E-state index contributed by atoms with van der Waals surface area (Å²) in [5, 5.41) is 2.74. The van der Waals surface area contributed by atoms with Crippen LogP contribution in [0.5, 0.6) is 0 Å². The molecule has 5 heteroatoms. The number of alkyl halides is 2. The number of halogens is 2. The third kappa shape index (κ3) is 4.42. The van der Waals surface area contributed by atoms with Crippen molar-refractivity contribution in [1.29, 1.82) is 0 Å². The van der Waals surface area contributed by atoms with Crippen molar-refractivity contribution in [2.24, 2.45) is 10.4 Å². The fourth-order valence-electron chi connectivity index (χ4n) is 2.80. The van der Waals surface area contributed by atoms with Gasteiger partial charge in [0.25, 0.3) is 6.43 Å². The van der Waals surface area contributed by atoms with Crippen LogP contribution < -0.4 is 5.32 Å². The Hall–Kier alpha value is -0.870. The molecule has 0 aromatic rings. The third-order valence-corrected chi connectivity index (χ3v) is 3.56. The van der Waals surface area contributed by atoms with Gasteiger partial charge in [-0.15, -0.1) is 0 Å². The minimum absolute atomic E-state index is 0.287. The summed E-state index contributed by atoms with van der Waals surface area (Å²) in [5.74, 6) is 0.609. The van der Waals surface area contributed by atoms with Crippen LogP contribution in [0.15, 0.2) is 4.99 Å². The second kappa shape index (κ2) is 6.90. The van der Waals surface area contributed by atoms with E-state index < -0.39 is 6.43 Å². The molecule has 106 valence electrons. The Kier molecular flexibility index (Phi) is 5.82. The lowest BCUT2D eigenvalue weighted by Gasteiger charge is -2.42. The molecular formula is C13H25F2N3. The van der Waals surface area contributed by atoms with E-state index in [2.05, 4.69) is 29.1 Å². The lowest BCUT2D eigenvalue weighted by atomic mass is 9.78. The van der Waals surface area contributed by atoms with Crippen LogP contribution in [-0.2, 0) is 0 Å². The Morgan fingerprint density at radius 1 is 1.50 bits per heavy atom. The van der Waals surface area contributed by atoms with Crippen molar-refractivity contribution in [3.8, 4) is 0 Å². The average Bonchev–Trinajstić information content (AvgIpc) is 2.29. The Labute approximate surface area is 109 Å². The first-order valence-corrected chi connectivity index (χ1v) is 6.74. The molecule has 3 nitrogen and oxygen atoms in total. The number of aliphatic imine (C=N–C) groups is 1. The lowest BCUT2D eigenvalue weighted by molar-refractivity contribution is 0.133. The van der Waals surface area contributed by atoms with Gasteiger partial charge in [0, 0.05) is 20.1 Å². The third-order valence-electron chi connectivity index (χ3n) is 3.56. The molecule has 0 radical (unpaired) electrons. The number of nitrogens with zero attached hydrogens (tertiary/aromatic N) is 2. The predicted molar refractivity (Wildman–Crippen MR) is 71.2 cm³/mol. The maximum absolute atomic E-state index is 12.2. The van der Waals surface area contributed by atoms with E-state index in [1.807, 2.05) is 0 Å². The highest BCUT2D eigenvalue weighted by Crippen LogP contribution is 2.33. The molecule has 0 aromatic heterocycles. The molecule has 0 bridgehead atoms. The summed E-state index contributed by atoms with van der Waals surface area (Å²) in [4.78, 5) is 6.22. The highest BCUT2D eigenvalue weighted by Gasteiger charge is 2.31. The topological polar surface area (TPSA) is 27.6 Å². The molecule has 1 rings (SSSR count). The summed E-state index contributed by atoms with van der Waals surface area (Å²) in [6.07, 6.45) is 2.31. The minimum atomic E-state index is -2.34. The number of guanidine groups is 1. The van der Waals surface area contributed by atoms with E-state index >= 15 is 0 Å². The molecule has 0 spiro atoms. The normalized spacial score (nSPS) is 25.7. The predicted octanol–water partition coefficient (Wildman–Crippen LogP) is 2.73. The Morgan fingerprint density at radius 2 is 2.22 bits per heavy atom. The van der Waals surface area contributed by atoms with Crippen molar-refractivity contribution < 1.29 is 8.78 Å². The number of nitrogens with one attached hydrogen (secondary N) is 1. The fraction of sp³-hybridized carbons (Fsp3) is 0.923. The van der Waals surface area contributed by atoms with Gasteiger partial charge in [0.1, 0.15) is 0 Å². The highest BCUT2D eigenvalue weighted by atomic mass is 19.3. The molecule has 0 aliphatic carbocycles.